The molecule has 0 unspecified atom stereocenters. The Morgan fingerprint density at radius 2 is 2.00 bits per heavy atom. The third kappa shape index (κ3) is 2.69. The summed E-state index contributed by atoms with van der Waals surface area (Å²) >= 11 is 0. The van der Waals surface area contributed by atoms with E-state index in [4.69, 9.17) is 0 Å². The SMILES string of the molecule is O=C[C@@H]1CCN(c2ccc3c(c2)CN([C@H]2CCC(=O)NC2=O)C3=O)C1. The van der Waals surface area contributed by atoms with Crippen LogP contribution in [0.2, 0.25) is 0 Å². The lowest BCUT2D eigenvalue weighted by Crippen LogP contribution is -2.52. The van der Waals surface area contributed by atoms with Crippen LogP contribution in [0.15, 0.2) is 18.2 Å². The second-order valence-corrected chi connectivity index (χ2v) is 6.87. The molecule has 1 N–H and O–H groups in total. The number of aldehydes is 1. The Kier molecular flexibility index (Phi) is 3.78. The average Bonchev–Trinajstić information content (AvgIpc) is 3.20. The molecule has 3 amide bonds. The van der Waals surface area contributed by atoms with Gasteiger partial charge in [-0.15, -0.1) is 0 Å². The van der Waals surface area contributed by atoms with Gasteiger partial charge in [0.2, 0.25) is 11.8 Å². The lowest BCUT2D eigenvalue weighted by Gasteiger charge is -2.29. The molecule has 2 atom stereocenters. The first-order valence-corrected chi connectivity index (χ1v) is 8.54. The van der Waals surface area contributed by atoms with E-state index in [2.05, 4.69) is 10.2 Å². The van der Waals surface area contributed by atoms with Crippen molar-refractivity contribution in [3.05, 3.63) is 29.3 Å². The maximum absolute atomic E-state index is 12.7. The van der Waals surface area contributed by atoms with Gasteiger partial charge in [-0.1, -0.05) is 0 Å². The Labute approximate surface area is 145 Å². The summed E-state index contributed by atoms with van der Waals surface area (Å²) < 4.78 is 0. The highest BCUT2D eigenvalue weighted by Gasteiger charge is 2.39. The second kappa shape index (κ2) is 5.98. The number of hydrogen-bond donors (Lipinski definition) is 1. The van der Waals surface area contributed by atoms with Crippen LogP contribution in [0.25, 0.3) is 0 Å². The monoisotopic (exact) mass is 341 g/mol. The molecule has 7 heteroatoms. The van der Waals surface area contributed by atoms with Gasteiger partial charge in [-0.25, -0.2) is 0 Å². The molecule has 0 saturated carbocycles. The minimum Gasteiger partial charge on any atom is -0.371 e. The predicted molar refractivity (Wildman–Crippen MR) is 88.9 cm³/mol. The minimum absolute atomic E-state index is 0.0647. The number of anilines is 1. The van der Waals surface area contributed by atoms with Crippen LogP contribution in [0.4, 0.5) is 5.69 Å². The summed E-state index contributed by atoms with van der Waals surface area (Å²) in [5, 5.41) is 2.31. The zero-order valence-corrected chi connectivity index (χ0v) is 13.7. The summed E-state index contributed by atoms with van der Waals surface area (Å²) in [5.74, 6) is -0.782. The Bertz CT molecular complexity index is 776. The molecule has 7 nitrogen and oxygen atoms in total. The van der Waals surface area contributed by atoms with Crippen molar-refractivity contribution in [1.29, 1.82) is 0 Å². The lowest BCUT2D eigenvalue weighted by atomic mass is 10.0. The van der Waals surface area contributed by atoms with Crippen LogP contribution in [0.5, 0.6) is 0 Å². The molecule has 0 bridgehead atoms. The van der Waals surface area contributed by atoms with Gasteiger partial charge in [0.25, 0.3) is 5.91 Å². The highest BCUT2D eigenvalue weighted by Crippen LogP contribution is 2.32. The summed E-state index contributed by atoms with van der Waals surface area (Å²) in [7, 11) is 0. The van der Waals surface area contributed by atoms with Crippen LogP contribution in [0.3, 0.4) is 0 Å². The van der Waals surface area contributed by atoms with Crippen molar-refractivity contribution in [3.8, 4) is 0 Å². The fourth-order valence-corrected chi connectivity index (χ4v) is 3.89. The molecule has 2 fully saturated rings. The fraction of sp³-hybridized carbons (Fsp3) is 0.444. The molecule has 1 aromatic rings. The van der Waals surface area contributed by atoms with Crippen molar-refractivity contribution in [2.75, 3.05) is 18.0 Å². The third-order valence-electron chi connectivity index (χ3n) is 5.29. The van der Waals surface area contributed by atoms with E-state index in [9.17, 15) is 19.2 Å². The second-order valence-electron chi connectivity index (χ2n) is 6.87. The summed E-state index contributed by atoms with van der Waals surface area (Å²) in [5.41, 5.74) is 2.50. The molecular formula is C18H19N3O4. The Morgan fingerprint density at radius 3 is 2.72 bits per heavy atom. The van der Waals surface area contributed by atoms with Crippen LogP contribution in [-0.4, -0.2) is 48.0 Å². The van der Waals surface area contributed by atoms with E-state index in [1.807, 2.05) is 12.1 Å². The molecule has 0 aromatic heterocycles. The predicted octanol–water partition coefficient (Wildman–Crippen LogP) is 0.473. The molecule has 1 aromatic carbocycles. The third-order valence-corrected chi connectivity index (χ3v) is 5.29. The van der Waals surface area contributed by atoms with E-state index in [0.29, 0.717) is 25.1 Å². The number of piperidine rings is 1. The number of hydrogen-bond acceptors (Lipinski definition) is 5. The van der Waals surface area contributed by atoms with Crippen LogP contribution >= 0.6 is 0 Å². The number of imide groups is 1. The summed E-state index contributed by atoms with van der Waals surface area (Å²) in [4.78, 5) is 50.7. The molecule has 0 radical (unpaired) electrons. The summed E-state index contributed by atoms with van der Waals surface area (Å²) in [6.45, 7) is 1.90. The molecule has 0 spiro atoms. The molecular weight excluding hydrogens is 322 g/mol. The standard InChI is InChI=1S/C18H19N3O4/c22-10-11-5-6-20(8-11)13-1-2-14-12(7-13)9-21(18(14)25)15-3-4-16(23)19-17(15)24/h1-2,7,10-11,15H,3-6,8-9H2,(H,19,23,24)/t11-,15+/m1/s1. The van der Waals surface area contributed by atoms with Gasteiger partial charge in [-0.2, -0.15) is 0 Å². The number of nitrogens with one attached hydrogen (secondary N) is 1. The molecule has 2 saturated heterocycles. The fourth-order valence-electron chi connectivity index (χ4n) is 3.89. The van der Waals surface area contributed by atoms with Gasteiger partial charge in [-0.3, -0.25) is 19.7 Å². The van der Waals surface area contributed by atoms with Gasteiger partial charge < -0.3 is 14.6 Å². The van der Waals surface area contributed by atoms with Crippen LogP contribution in [0, 0.1) is 5.92 Å². The molecule has 130 valence electrons. The van der Waals surface area contributed by atoms with Gasteiger partial charge in [-0.05, 0) is 36.6 Å². The number of benzene rings is 1. The highest BCUT2D eigenvalue weighted by molar-refractivity contribution is 6.05. The molecule has 4 rings (SSSR count). The van der Waals surface area contributed by atoms with Crippen molar-refractivity contribution in [2.45, 2.75) is 31.8 Å². The van der Waals surface area contributed by atoms with Crippen LogP contribution in [-0.2, 0) is 20.9 Å². The highest BCUT2D eigenvalue weighted by atomic mass is 16.2. The van der Waals surface area contributed by atoms with E-state index < -0.39 is 11.9 Å². The van der Waals surface area contributed by atoms with Crippen molar-refractivity contribution in [1.82, 2.24) is 10.2 Å². The largest absolute Gasteiger partial charge is 0.371 e. The van der Waals surface area contributed by atoms with Gasteiger partial charge in [0, 0.05) is 43.2 Å². The maximum Gasteiger partial charge on any atom is 0.255 e. The van der Waals surface area contributed by atoms with Crippen molar-refractivity contribution in [2.24, 2.45) is 5.92 Å². The number of rotatable bonds is 3. The normalized spacial score (nSPS) is 26.0. The smallest absolute Gasteiger partial charge is 0.255 e. The van der Waals surface area contributed by atoms with E-state index >= 15 is 0 Å². The molecule has 25 heavy (non-hydrogen) atoms. The number of amides is 3. The van der Waals surface area contributed by atoms with Gasteiger partial charge in [0.05, 0.1) is 0 Å². The van der Waals surface area contributed by atoms with Crippen molar-refractivity contribution < 1.29 is 19.2 Å². The van der Waals surface area contributed by atoms with Gasteiger partial charge in [0.1, 0.15) is 12.3 Å². The number of carbonyl (C=O) groups is 4. The summed E-state index contributed by atoms with van der Waals surface area (Å²) in [6, 6.07) is 5.09. The van der Waals surface area contributed by atoms with Gasteiger partial charge in [0.15, 0.2) is 0 Å². The topological polar surface area (TPSA) is 86.8 Å². The minimum atomic E-state index is -0.590. The Hall–Kier alpha value is -2.70. The van der Waals surface area contributed by atoms with Crippen LogP contribution in [0.1, 0.15) is 35.2 Å². The first kappa shape index (κ1) is 15.8. The maximum atomic E-state index is 12.7. The lowest BCUT2D eigenvalue weighted by molar-refractivity contribution is -0.136. The first-order valence-electron chi connectivity index (χ1n) is 8.54. The van der Waals surface area contributed by atoms with Crippen LogP contribution < -0.4 is 10.2 Å². The zero-order valence-electron chi connectivity index (χ0n) is 13.7. The number of nitrogens with zero attached hydrogens (tertiary/aromatic N) is 2. The Balaban J connectivity index is 1.54. The number of fused-ring (bicyclic) bond motifs is 1. The van der Waals surface area contributed by atoms with E-state index in [1.54, 1.807) is 11.0 Å². The number of carbonyl (C=O) groups excluding carboxylic acids is 4. The zero-order chi connectivity index (χ0) is 17.6. The Morgan fingerprint density at radius 1 is 1.16 bits per heavy atom. The first-order chi connectivity index (χ1) is 12.1. The quantitative estimate of drug-likeness (QED) is 0.638. The molecule has 0 aliphatic carbocycles. The molecule has 3 heterocycles. The summed E-state index contributed by atoms with van der Waals surface area (Å²) in [6.07, 6.45) is 2.47. The van der Waals surface area contributed by atoms with Crippen molar-refractivity contribution in [3.63, 3.8) is 0 Å². The van der Waals surface area contributed by atoms with Crippen molar-refractivity contribution >= 4 is 29.7 Å². The van der Waals surface area contributed by atoms with E-state index in [-0.39, 0.29) is 24.2 Å². The molecule has 3 aliphatic rings. The van der Waals surface area contributed by atoms with E-state index in [0.717, 1.165) is 30.5 Å². The van der Waals surface area contributed by atoms with E-state index in [1.165, 1.54) is 0 Å². The van der Waals surface area contributed by atoms with Gasteiger partial charge >= 0.3 is 0 Å². The average molecular weight is 341 g/mol. The molecule has 3 aliphatic heterocycles.